The fraction of sp³-hybridized carbons (Fsp3) is 0.533. The average molecular weight is 398 g/mol. The first-order valence-electron chi connectivity index (χ1n) is 7.62. The zero-order valence-electron chi connectivity index (χ0n) is 14.0. The van der Waals surface area contributed by atoms with Crippen LogP contribution in [0.5, 0.6) is 0 Å². The van der Waals surface area contributed by atoms with Gasteiger partial charge < -0.3 is 19.9 Å². The molecule has 0 radical (unpaired) electrons. The highest BCUT2D eigenvalue weighted by molar-refractivity contribution is 6.29. The first-order valence-corrected chi connectivity index (χ1v) is 8.00. The normalized spacial score (nSPS) is 11.7. The Morgan fingerprint density at radius 3 is 2.38 bits per heavy atom. The van der Waals surface area contributed by atoms with Crippen LogP contribution in [0, 0.1) is 6.92 Å². The fourth-order valence-corrected chi connectivity index (χ4v) is 1.97. The van der Waals surface area contributed by atoms with Crippen molar-refractivity contribution >= 4 is 23.4 Å². The maximum Gasteiger partial charge on any atom is 0.411 e. The number of aromatic nitrogens is 1. The van der Waals surface area contributed by atoms with Gasteiger partial charge in [-0.05, 0) is 18.5 Å². The summed E-state index contributed by atoms with van der Waals surface area (Å²) in [5, 5.41) is 8.83. The Morgan fingerprint density at radius 2 is 1.85 bits per heavy atom. The van der Waals surface area contributed by atoms with Crippen LogP contribution < -0.4 is 10.6 Å². The molecule has 0 atom stereocenters. The molecule has 26 heavy (non-hydrogen) atoms. The van der Waals surface area contributed by atoms with E-state index in [1.54, 1.807) is 19.1 Å². The van der Waals surface area contributed by atoms with Crippen LogP contribution in [0.25, 0.3) is 0 Å². The second-order valence-corrected chi connectivity index (χ2v) is 5.54. The average Bonchev–Trinajstić information content (AvgIpc) is 2.86. The minimum atomic E-state index is -4.40. The topological polar surface area (TPSA) is 93.5 Å². The lowest BCUT2D eigenvalue weighted by molar-refractivity contribution is -0.174. The van der Waals surface area contributed by atoms with Crippen molar-refractivity contribution in [3.8, 4) is 0 Å². The summed E-state index contributed by atoms with van der Waals surface area (Å²) >= 11 is 5.76. The van der Waals surface area contributed by atoms with Gasteiger partial charge in [-0.25, -0.2) is 0 Å². The van der Waals surface area contributed by atoms with Crippen LogP contribution in [0.2, 0.25) is 5.22 Å². The molecule has 2 amide bonds. The number of hydrogen-bond donors (Lipinski definition) is 2. The predicted molar refractivity (Wildman–Crippen MR) is 86.6 cm³/mol. The van der Waals surface area contributed by atoms with Crippen molar-refractivity contribution in [2.75, 3.05) is 26.3 Å². The van der Waals surface area contributed by atoms with Gasteiger partial charge in [-0.1, -0.05) is 17.3 Å². The van der Waals surface area contributed by atoms with Crippen molar-refractivity contribution in [2.45, 2.75) is 25.9 Å². The van der Waals surface area contributed by atoms with E-state index < -0.39 is 18.7 Å². The summed E-state index contributed by atoms with van der Waals surface area (Å²) in [5.41, 5.74) is 1.07. The number of amides is 2. The third kappa shape index (κ3) is 9.42. The molecule has 146 valence electrons. The van der Waals surface area contributed by atoms with Gasteiger partial charge in [0.05, 0.1) is 18.7 Å². The number of rotatable bonds is 10. The van der Waals surface area contributed by atoms with Crippen molar-refractivity contribution in [1.82, 2.24) is 15.8 Å². The maximum atomic E-state index is 11.8. The molecule has 1 aromatic rings. The van der Waals surface area contributed by atoms with Crippen molar-refractivity contribution in [3.05, 3.63) is 28.6 Å². The van der Waals surface area contributed by atoms with E-state index in [4.69, 9.17) is 16.1 Å². The second-order valence-electron chi connectivity index (χ2n) is 5.19. The lowest BCUT2D eigenvalue weighted by Crippen LogP contribution is -2.27. The van der Waals surface area contributed by atoms with Crippen LogP contribution in [0.1, 0.15) is 17.7 Å². The quantitative estimate of drug-likeness (QED) is 0.465. The van der Waals surface area contributed by atoms with Gasteiger partial charge in [0, 0.05) is 25.1 Å². The maximum absolute atomic E-state index is 11.8. The molecule has 2 N–H and O–H groups in total. The molecule has 0 fully saturated rings. The summed E-state index contributed by atoms with van der Waals surface area (Å²) in [5.74, 6) is -0.702. The number of halogens is 4. The van der Waals surface area contributed by atoms with Crippen LogP contribution in [-0.4, -0.2) is 49.5 Å². The molecule has 0 bridgehead atoms. The Kier molecular flexibility index (Phi) is 9.14. The van der Waals surface area contributed by atoms with Crippen LogP contribution in [0.15, 0.2) is 16.7 Å². The highest BCUT2D eigenvalue weighted by Crippen LogP contribution is 2.19. The lowest BCUT2D eigenvalue weighted by atomic mass is 10.2. The van der Waals surface area contributed by atoms with E-state index in [1.165, 1.54) is 0 Å². The van der Waals surface area contributed by atoms with E-state index in [2.05, 4.69) is 20.5 Å². The molecule has 11 heteroatoms. The molecule has 1 rings (SSSR count). The summed E-state index contributed by atoms with van der Waals surface area (Å²) in [7, 11) is 0. The SMILES string of the molecule is Cc1noc(Cl)c1CC(=O)NC/C=C/CNC(=O)CCOCC(F)(F)F. The van der Waals surface area contributed by atoms with Gasteiger partial charge in [0.15, 0.2) is 0 Å². The number of hydrogen-bond acceptors (Lipinski definition) is 5. The standard InChI is InChI=1S/C15H19ClF3N3O4/c1-10-11(14(16)26-22-10)8-13(24)21-6-3-2-5-20-12(23)4-7-25-9-15(17,18)19/h2-3H,4-9H2,1H3,(H,20,23)(H,21,24)/b3-2+. The third-order valence-electron chi connectivity index (χ3n) is 3.01. The molecular formula is C15H19ClF3N3O4. The minimum absolute atomic E-state index is 0.0384. The lowest BCUT2D eigenvalue weighted by Gasteiger charge is -2.07. The Bertz CT molecular complexity index is 613. The van der Waals surface area contributed by atoms with Crippen molar-refractivity contribution in [2.24, 2.45) is 0 Å². The molecule has 0 aliphatic heterocycles. The van der Waals surface area contributed by atoms with Gasteiger partial charge in [0.25, 0.3) is 0 Å². The molecule has 7 nitrogen and oxygen atoms in total. The molecule has 0 aliphatic carbocycles. The Hall–Kier alpha value is -2.07. The largest absolute Gasteiger partial charge is 0.411 e. The molecule has 0 saturated heterocycles. The Morgan fingerprint density at radius 1 is 1.23 bits per heavy atom. The van der Waals surface area contributed by atoms with E-state index in [9.17, 15) is 22.8 Å². The van der Waals surface area contributed by atoms with E-state index in [1.807, 2.05) is 0 Å². The van der Waals surface area contributed by atoms with Gasteiger partial charge in [-0.2, -0.15) is 13.2 Å². The van der Waals surface area contributed by atoms with Crippen molar-refractivity contribution < 1.29 is 32.0 Å². The van der Waals surface area contributed by atoms with Crippen LogP contribution in [0.4, 0.5) is 13.2 Å². The van der Waals surface area contributed by atoms with Gasteiger partial charge >= 0.3 is 6.18 Å². The van der Waals surface area contributed by atoms with Crippen LogP contribution in [0.3, 0.4) is 0 Å². The number of carbonyl (C=O) groups is 2. The summed E-state index contributed by atoms with van der Waals surface area (Å²) in [6, 6.07) is 0. The smallest absolute Gasteiger partial charge is 0.372 e. The highest BCUT2D eigenvalue weighted by Gasteiger charge is 2.27. The van der Waals surface area contributed by atoms with Gasteiger partial charge in [0.1, 0.15) is 6.61 Å². The molecule has 0 spiro atoms. The van der Waals surface area contributed by atoms with Crippen LogP contribution in [-0.2, 0) is 20.7 Å². The summed E-state index contributed by atoms with van der Waals surface area (Å²) < 4.78 is 44.5. The molecule has 1 heterocycles. The molecule has 0 aromatic carbocycles. The van der Waals surface area contributed by atoms with E-state index >= 15 is 0 Å². The molecule has 1 aromatic heterocycles. The molecule has 0 aliphatic rings. The molecule has 0 unspecified atom stereocenters. The van der Waals surface area contributed by atoms with E-state index in [0.717, 1.165) is 0 Å². The molecular weight excluding hydrogens is 379 g/mol. The van der Waals surface area contributed by atoms with E-state index in [-0.39, 0.29) is 43.7 Å². The monoisotopic (exact) mass is 397 g/mol. The first-order chi connectivity index (χ1) is 12.2. The van der Waals surface area contributed by atoms with Crippen molar-refractivity contribution in [3.63, 3.8) is 0 Å². The van der Waals surface area contributed by atoms with Crippen molar-refractivity contribution in [1.29, 1.82) is 0 Å². The number of carbonyl (C=O) groups excluding carboxylic acids is 2. The van der Waals surface area contributed by atoms with Gasteiger partial charge in [-0.15, -0.1) is 0 Å². The molecule has 0 saturated carbocycles. The Balaban J connectivity index is 2.10. The van der Waals surface area contributed by atoms with Gasteiger partial charge in [-0.3, -0.25) is 9.59 Å². The predicted octanol–water partition coefficient (Wildman–Crippen LogP) is 1.94. The van der Waals surface area contributed by atoms with E-state index in [0.29, 0.717) is 11.3 Å². The zero-order valence-corrected chi connectivity index (χ0v) is 14.7. The zero-order chi connectivity index (χ0) is 19.6. The summed E-state index contributed by atoms with van der Waals surface area (Å²) in [4.78, 5) is 23.1. The van der Waals surface area contributed by atoms with Crippen LogP contribution >= 0.6 is 11.6 Å². The number of nitrogens with one attached hydrogen (secondary N) is 2. The summed E-state index contributed by atoms with van der Waals surface area (Å²) in [6.07, 6.45) is -1.30. The Labute approximate surface area is 152 Å². The second kappa shape index (κ2) is 10.8. The third-order valence-corrected chi connectivity index (χ3v) is 3.31. The number of aryl methyl sites for hydroxylation is 1. The first kappa shape index (κ1) is 22.0. The number of ether oxygens (including phenoxy) is 1. The fourth-order valence-electron chi connectivity index (χ4n) is 1.73. The number of nitrogens with zero attached hydrogens (tertiary/aromatic N) is 1. The minimum Gasteiger partial charge on any atom is -0.372 e. The summed E-state index contributed by atoms with van der Waals surface area (Å²) in [6.45, 7) is 0.417. The van der Waals surface area contributed by atoms with Gasteiger partial charge in [0.2, 0.25) is 17.0 Å². The highest BCUT2D eigenvalue weighted by atomic mass is 35.5. The number of alkyl halides is 3.